The Hall–Kier alpha value is -15.2. The van der Waals surface area contributed by atoms with Crippen molar-refractivity contribution in [2.24, 2.45) is 0 Å². The fraction of sp³-hybridized carbons (Fsp3) is 0. The summed E-state index contributed by atoms with van der Waals surface area (Å²) in [4.78, 5) is 25.8. The standard InChI is InChI=1S/C108H72N6/c1-13-85(91-49-61-109-62-50-91)14-2-73(1)79-25-37-97(38-26-79)103-104(98-39-27-80(28-40-98)74-3-15-86(16-4-74)92-51-63-110-64-52-92)106(100-43-31-82(32-44-100)76-7-19-88(20-8-76)94-55-67-112-68-56-94)108(102-47-35-84(36-48-102)78-11-23-90(24-12-78)96-59-71-114-72-60-96)107(101-45-33-83(34-46-101)77-9-21-89(22-10-77)95-57-69-113-70-58-95)105(103)99-41-29-81(30-42-99)75-5-17-87(18-6-75)93-53-65-111-66-54-93/h1-72H. The van der Waals surface area contributed by atoms with Crippen molar-refractivity contribution in [3.05, 3.63) is 438 Å². The summed E-state index contributed by atoms with van der Waals surface area (Å²) < 4.78 is 0. The fourth-order valence-electron chi connectivity index (χ4n) is 15.9. The maximum absolute atomic E-state index is 4.31. The molecule has 0 aliphatic carbocycles. The monoisotopic (exact) mass is 1450 g/mol. The molecule has 0 aliphatic rings. The molecule has 0 aliphatic heterocycles. The molecule has 6 aromatic heterocycles. The van der Waals surface area contributed by atoms with E-state index in [1.807, 2.05) is 74.4 Å². The Balaban J connectivity index is 0.875. The maximum atomic E-state index is 4.31. The third-order valence-corrected chi connectivity index (χ3v) is 21.9. The number of pyridine rings is 6. The highest BCUT2D eigenvalue weighted by Gasteiger charge is 2.30. The first-order chi connectivity index (χ1) is 56.5. The molecule has 6 heteroatoms. The van der Waals surface area contributed by atoms with E-state index in [1.165, 1.54) is 0 Å². The van der Waals surface area contributed by atoms with Gasteiger partial charge in [0, 0.05) is 74.4 Å². The summed E-state index contributed by atoms with van der Waals surface area (Å²) in [5.41, 5.74) is 40.0. The summed E-state index contributed by atoms with van der Waals surface area (Å²) >= 11 is 0. The van der Waals surface area contributed by atoms with Crippen molar-refractivity contribution in [2.45, 2.75) is 0 Å². The molecule has 19 rings (SSSR count). The van der Waals surface area contributed by atoms with Crippen LogP contribution in [0, 0.1) is 0 Å². The largest absolute Gasteiger partial charge is 0.265 e. The summed E-state index contributed by atoms with van der Waals surface area (Å²) in [5, 5.41) is 0. The molecule has 0 unspecified atom stereocenters. The van der Waals surface area contributed by atoms with Gasteiger partial charge in [0.1, 0.15) is 0 Å². The molecule has 6 heterocycles. The van der Waals surface area contributed by atoms with Gasteiger partial charge in [-0.05, 0) is 273 Å². The normalized spacial score (nSPS) is 11.2. The fourth-order valence-corrected chi connectivity index (χ4v) is 15.9. The van der Waals surface area contributed by atoms with Crippen molar-refractivity contribution >= 4 is 0 Å². The zero-order valence-corrected chi connectivity index (χ0v) is 62.3. The third-order valence-electron chi connectivity index (χ3n) is 21.9. The van der Waals surface area contributed by atoms with Gasteiger partial charge in [0.05, 0.1) is 0 Å². The lowest BCUT2D eigenvalue weighted by molar-refractivity contribution is 1.33. The van der Waals surface area contributed by atoms with Gasteiger partial charge in [0.2, 0.25) is 0 Å². The van der Waals surface area contributed by atoms with Crippen LogP contribution in [0.1, 0.15) is 0 Å². The van der Waals surface area contributed by atoms with E-state index in [2.05, 4.69) is 394 Å². The minimum atomic E-state index is 1.07. The Kier molecular flexibility index (Phi) is 19.1. The molecule has 0 fully saturated rings. The second kappa shape index (κ2) is 31.4. The first-order valence-electron chi connectivity index (χ1n) is 38.4. The topological polar surface area (TPSA) is 77.3 Å². The second-order valence-corrected chi connectivity index (χ2v) is 28.6. The van der Waals surface area contributed by atoms with Crippen LogP contribution in [0.25, 0.3) is 200 Å². The van der Waals surface area contributed by atoms with Crippen molar-refractivity contribution in [3.63, 3.8) is 0 Å². The average Bonchev–Trinajstić information content (AvgIpc) is 0.712. The average molecular weight is 1450 g/mol. The lowest BCUT2D eigenvalue weighted by Crippen LogP contribution is -2.02. The summed E-state index contributed by atoms with van der Waals surface area (Å²) in [7, 11) is 0. The molecule has 0 N–H and O–H groups in total. The molecule has 0 amide bonds. The predicted octanol–water partition coefficient (Wildman–Crippen LogP) is 28.1. The van der Waals surface area contributed by atoms with Crippen LogP contribution in [0.2, 0.25) is 0 Å². The maximum Gasteiger partial charge on any atom is 0.0273 e. The molecule has 534 valence electrons. The van der Waals surface area contributed by atoms with E-state index in [0.29, 0.717) is 0 Å². The number of benzene rings is 13. The zero-order chi connectivity index (χ0) is 75.9. The van der Waals surface area contributed by atoms with Gasteiger partial charge < -0.3 is 0 Å². The van der Waals surface area contributed by atoms with Gasteiger partial charge in [0.25, 0.3) is 0 Å². The van der Waals surface area contributed by atoms with Gasteiger partial charge >= 0.3 is 0 Å². The van der Waals surface area contributed by atoms with Gasteiger partial charge in [-0.15, -0.1) is 0 Å². The van der Waals surface area contributed by atoms with E-state index in [0.717, 1.165) is 200 Å². The van der Waals surface area contributed by atoms with Gasteiger partial charge in [-0.3, -0.25) is 29.9 Å². The van der Waals surface area contributed by atoms with E-state index < -0.39 is 0 Å². The SMILES string of the molecule is c1cc(-c2ccc(-c3ccc(-c4c(-c5ccc(-c6ccc(-c7ccncc7)cc6)cc5)c(-c5ccc(-c6ccc(-c7ccncc7)cc6)cc5)c(-c5ccc(-c6ccc(-c7ccncc7)cc6)cc5)c(-c5ccc(-c6ccc(-c7ccncc7)cc6)cc5)c4-c4ccc(-c5ccc(-c6ccncc6)cc5)cc4)cc3)cc2)ccn1. The van der Waals surface area contributed by atoms with Crippen molar-refractivity contribution < 1.29 is 0 Å². The minimum Gasteiger partial charge on any atom is -0.265 e. The lowest BCUT2D eigenvalue weighted by atomic mass is 9.73. The molecule has 0 saturated heterocycles. The minimum absolute atomic E-state index is 1.07. The Morgan fingerprint density at radius 3 is 0.211 bits per heavy atom. The molecule has 19 aromatic rings. The summed E-state index contributed by atoms with van der Waals surface area (Å²) in [6, 6.07) is 134. The predicted molar refractivity (Wildman–Crippen MR) is 471 cm³/mol. The molecule has 0 spiro atoms. The quantitative estimate of drug-likeness (QED) is 0.0852. The summed E-state index contributed by atoms with van der Waals surface area (Å²) in [6.45, 7) is 0. The Morgan fingerprint density at radius 2 is 0.132 bits per heavy atom. The van der Waals surface area contributed by atoms with Crippen LogP contribution in [-0.2, 0) is 0 Å². The molecular formula is C108H72N6. The number of nitrogens with zero attached hydrogens (tertiary/aromatic N) is 6. The van der Waals surface area contributed by atoms with Gasteiger partial charge in [-0.1, -0.05) is 291 Å². The molecule has 0 radical (unpaired) electrons. The van der Waals surface area contributed by atoms with Gasteiger partial charge in [0.15, 0.2) is 0 Å². The van der Waals surface area contributed by atoms with Gasteiger partial charge in [-0.2, -0.15) is 0 Å². The molecule has 0 atom stereocenters. The first-order valence-corrected chi connectivity index (χ1v) is 38.4. The van der Waals surface area contributed by atoms with E-state index in [4.69, 9.17) is 0 Å². The molecule has 13 aromatic carbocycles. The lowest BCUT2D eigenvalue weighted by Gasteiger charge is -2.29. The summed E-state index contributed by atoms with van der Waals surface area (Å²) in [6.07, 6.45) is 22.2. The van der Waals surface area contributed by atoms with E-state index in [1.54, 1.807) is 0 Å². The smallest absolute Gasteiger partial charge is 0.0273 e. The molecule has 0 saturated carbocycles. The highest BCUT2D eigenvalue weighted by Crippen LogP contribution is 2.57. The number of rotatable bonds is 18. The number of aromatic nitrogens is 6. The van der Waals surface area contributed by atoms with Crippen LogP contribution in [0.4, 0.5) is 0 Å². The third kappa shape index (κ3) is 14.3. The van der Waals surface area contributed by atoms with Crippen LogP contribution < -0.4 is 0 Å². The highest BCUT2D eigenvalue weighted by molar-refractivity contribution is 6.15. The van der Waals surface area contributed by atoms with Crippen molar-refractivity contribution in [2.75, 3.05) is 0 Å². The molecule has 6 nitrogen and oxygen atoms in total. The van der Waals surface area contributed by atoms with Crippen molar-refractivity contribution in [1.29, 1.82) is 0 Å². The Labute approximate surface area is 664 Å². The van der Waals surface area contributed by atoms with Crippen molar-refractivity contribution in [3.8, 4) is 200 Å². The molecule has 0 bridgehead atoms. The first kappa shape index (κ1) is 69.2. The van der Waals surface area contributed by atoms with Crippen LogP contribution in [0.3, 0.4) is 0 Å². The van der Waals surface area contributed by atoms with Crippen LogP contribution in [0.5, 0.6) is 0 Å². The number of hydrogen-bond donors (Lipinski definition) is 0. The van der Waals surface area contributed by atoms with Crippen molar-refractivity contribution in [1.82, 2.24) is 29.9 Å². The van der Waals surface area contributed by atoms with E-state index >= 15 is 0 Å². The van der Waals surface area contributed by atoms with Crippen LogP contribution in [-0.4, -0.2) is 29.9 Å². The second-order valence-electron chi connectivity index (χ2n) is 28.6. The zero-order valence-electron chi connectivity index (χ0n) is 62.3. The van der Waals surface area contributed by atoms with E-state index in [-0.39, 0.29) is 0 Å². The number of hydrogen-bond acceptors (Lipinski definition) is 6. The summed E-state index contributed by atoms with van der Waals surface area (Å²) in [5.74, 6) is 0. The van der Waals surface area contributed by atoms with Gasteiger partial charge in [-0.25, -0.2) is 0 Å². The van der Waals surface area contributed by atoms with Crippen LogP contribution >= 0.6 is 0 Å². The van der Waals surface area contributed by atoms with E-state index in [9.17, 15) is 0 Å². The highest BCUT2D eigenvalue weighted by atomic mass is 14.6. The molecular weight excluding hydrogens is 1380 g/mol. The Morgan fingerprint density at radius 1 is 0.0702 bits per heavy atom. The van der Waals surface area contributed by atoms with Crippen LogP contribution in [0.15, 0.2) is 438 Å². The Bertz CT molecular complexity index is 5430. The molecule has 114 heavy (non-hydrogen) atoms.